The molecule has 1 aromatic carbocycles. The minimum absolute atomic E-state index is 0.0487. The van der Waals surface area contributed by atoms with Crippen LogP contribution >= 0.6 is 15.9 Å². The van der Waals surface area contributed by atoms with Crippen LogP contribution in [0.4, 0.5) is 0 Å². The van der Waals surface area contributed by atoms with Gasteiger partial charge in [-0.25, -0.2) is 4.98 Å². The number of carboxylic acid groups (broad SMARTS) is 1. The molecule has 6 heteroatoms. The number of carboxylic acids is 1. The first-order valence-corrected chi connectivity index (χ1v) is 5.83. The van der Waals surface area contributed by atoms with Gasteiger partial charge in [-0.3, -0.25) is 9.89 Å². The van der Waals surface area contributed by atoms with Crippen LogP contribution in [0, 0.1) is 0 Å². The zero-order valence-corrected chi connectivity index (χ0v) is 10.4. The Kier molecular flexibility index (Phi) is 3.53. The molecule has 0 amide bonds. The van der Waals surface area contributed by atoms with Crippen molar-refractivity contribution in [1.29, 1.82) is 0 Å². The van der Waals surface area contributed by atoms with Crippen molar-refractivity contribution in [3.05, 3.63) is 34.6 Å². The standard InChI is InChI=1S/C11H10BrN3O2/c12-8-3-1-2-7(6-8)11-13-9(14-15-11)4-5-10(16)17/h1-3,6H,4-5H2,(H,16,17)(H,13,14,15). The maximum atomic E-state index is 10.4. The number of nitrogens with one attached hydrogen (secondary N) is 1. The number of aliphatic carboxylic acids is 1. The second-order valence-corrected chi connectivity index (χ2v) is 4.43. The zero-order valence-electron chi connectivity index (χ0n) is 8.85. The van der Waals surface area contributed by atoms with Gasteiger partial charge in [-0.1, -0.05) is 28.1 Å². The predicted octanol–water partition coefficient (Wildman–Crippen LogP) is 2.25. The first kappa shape index (κ1) is 11.8. The molecule has 0 aliphatic heterocycles. The minimum Gasteiger partial charge on any atom is -0.481 e. The van der Waals surface area contributed by atoms with Crippen LogP contribution in [0.15, 0.2) is 28.7 Å². The Morgan fingerprint density at radius 1 is 1.47 bits per heavy atom. The van der Waals surface area contributed by atoms with Crippen molar-refractivity contribution >= 4 is 21.9 Å². The van der Waals surface area contributed by atoms with Crippen LogP contribution < -0.4 is 0 Å². The van der Waals surface area contributed by atoms with Crippen molar-refractivity contribution in [1.82, 2.24) is 15.2 Å². The molecule has 2 aromatic rings. The highest BCUT2D eigenvalue weighted by Crippen LogP contribution is 2.19. The molecule has 1 aromatic heterocycles. The number of hydrogen-bond donors (Lipinski definition) is 2. The number of aromatic nitrogens is 3. The quantitative estimate of drug-likeness (QED) is 0.907. The fraction of sp³-hybridized carbons (Fsp3) is 0.182. The van der Waals surface area contributed by atoms with E-state index in [-0.39, 0.29) is 6.42 Å². The van der Waals surface area contributed by atoms with Crippen molar-refractivity contribution in [3.8, 4) is 11.4 Å². The van der Waals surface area contributed by atoms with E-state index >= 15 is 0 Å². The van der Waals surface area contributed by atoms with Crippen molar-refractivity contribution in [2.45, 2.75) is 12.8 Å². The molecule has 0 unspecified atom stereocenters. The number of rotatable bonds is 4. The number of hydrogen-bond acceptors (Lipinski definition) is 3. The summed E-state index contributed by atoms with van der Waals surface area (Å²) in [5.74, 6) is 0.319. The molecule has 0 bridgehead atoms. The highest BCUT2D eigenvalue weighted by atomic mass is 79.9. The molecule has 2 rings (SSSR count). The summed E-state index contributed by atoms with van der Waals surface area (Å²) in [7, 11) is 0. The lowest BCUT2D eigenvalue weighted by Gasteiger charge is -1.95. The van der Waals surface area contributed by atoms with Gasteiger partial charge in [-0.2, -0.15) is 5.10 Å². The molecule has 0 aliphatic carbocycles. The van der Waals surface area contributed by atoms with Gasteiger partial charge in [0.05, 0.1) is 6.42 Å². The largest absolute Gasteiger partial charge is 0.481 e. The lowest BCUT2D eigenvalue weighted by molar-refractivity contribution is -0.137. The summed E-state index contributed by atoms with van der Waals surface area (Å²) in [5, 5.41) is 15.4. The van der Waals surface area contributed by atoms with E-state index in [4.69, 9.17) is 5.11 Å². The third-order valence-electron chi connectivity index (χ3n) is 2.19. The van der Waals surface area contributed by atoms with Crippen LogP contribution in [0.5, 0.6) is 0 Å². The number of carbonyl (C=O) groups is 1. The molecule has 5 nitrogen and oxygen atoms in total. The molecular weight excluding hydrogens is 286 g/mol. The molecule has 0 aliphatic rings. The molecule has 0 radical (unpaired) electrons. The highest BCUT2D eigenvalue weighted by Gasteiger charge is 2.07. The molecule has 17 heavy (non-hydrogen) atoms. The highest BCUT2D eigenvalue weighted by molar-refractivity contribution is 9.10. The maximum absolute atomic E-state index is 10.4. The monoisotopic (exact) mass is 295 g/mol. The average Bonchev–Trinajstić information content (AvgIpc) is 2.75. The number of nitrogens with zero attached hydrogens (tertiary/aromatic N) is 2. The van der Waals surface area contributed by atoms with E-state index < -0.39 is 5.97 Å². The van der Waals surface area contributed by atoms with Gasteiger partial charge in [-0.15, -0.1) is 0 Å². The fourth-order valence-corrected chi connectivity index (χ4v) is 1.79. The van der Waals surface area contributed by atoms with Gasteiger partial charge < -0.3 is 5.11 Å². The van der Waals surface area contributed by atoms with Gasteiger partial charge in [0.1, 0.15) is 5.82 Å². The Hall–Kier alpha value is -1.69. The summed E-state index contributed by atoms with van der Waals surface area (Å²) in [4.78, 5) is 14.7. The number of H-pyrrole nitrogens is 1. The summed E-state index contributed by atoms with van der Waals surface area (Å²) in [6.07, 6.45) is 0.406. The van der Waals surface area contributed by atoms with Gasteiger partial charge in [0.25, 0.3) is 0 Å². The minimum atomic E-state index is -0.842. The maximum Gasteiger partial charge on any atom is 0.303 e. The summed E-state index contributed by atoms with van der Waals surface area (Å²) >= 11 is 3.37. The first-order chi connectivity index (χ1) is 8.15. The topological polar surface area (TPSA) is 78.9 Å². The van der Waals surface area contributed by atoms with Gasteiger partial charge in [0.2, 0.25) is 0 Å². The average molecular weight is 296 g/mol. The van der Waals surface area contributed by atoms with E-state index in [1.165, 1.54) is 0 Å². The molecule has 0 saturated heterocycles. The molecule has 0 saturated carbocycles. The molecule has 0 atom stereocenters. The van der Waals surface area contributed by atoms with Crippen molar-refractivity contribution < 1.29 is 9.90 Å². The Morgan fingerprint density at radius 2 is 2.29 bits per heavy atom. The van der Waals surface area contributed by atoms with E-state index in [1.54, 1.807) is 0 Å². The summed E-state index contributed by atoms with van der Waals surface area (Å²) in [6, 6.07) is 7.62. The van der Waals surface area contributed by atoms with Crippen LogP contribution in [-0.2, 0) is 11.2 Å². The van der Waals surface area contributed by atoms with E-state index in [0.717, 1.165) is 10.0 Å². The lowest BCUT2D eigenvalue weighted by Crippen LogP contribution is -1.98. The van der Waals surface area contributed by atoms with E-state index in [2.05, 4.69) is 31.1 Å². The molecule has 1 heterocycles. The Balaban J connectivity index is 2.15. The van der Waals surface area contributed by atoms with Crippen LogP contribution in [0.25, 0.3) is 11.4 Å². The smallest absolute Gasteiger partial charge is 0.303 e. The Bertz CT molecular complexity index is 539. The molecular formula is C11H10BrN3O2. The summed E-state index contributed by atoms with van der Waals surface area (Å²) < 4.78 is 0.951. The number of aryl methyl sites for hydroxylation is 1. The van der Waals surface area contributed by atoms with Crippen molar-refractivity contribution in [2.75, 3.05) is 0 Å². The summed E-state index contributed by atoms with van der Waals surface area (Å²) in [6.45, 7) is 0. The van der Waals surface area contributed by atoms with Gasteiger partial charge in [-0.05, 0) is 12.1 Å². The third-order valence-corrected chi connectivity index (χ3v) is 2.68. The van der Waals surface area contributed by atoms with Crippen molar-refractivity contribution in [2.24, 2.45) is 0 Å². The van der Waals surface area contributed by atoms with Gasteiger partial charge in [0.15, 0.2) is 5.82 Å². The molecule has 2 N–H and O–H groups in total. The number of aromatic amines is 1. The summed E-state index contributed by atoms with van der Waals surface area (Å²) in [5.41, 5.74) is 0.886. The van der Waals surface area contributed by atoms with E-state index in [9.17, 15) is 4.79 Å². The van der Waals surface area contributed by atoms with Crippen LogP contribution in [0.2, 0.25) is 0 Å². The molecule has 88 valence electrons. The van der Waals surface area contributed by atoms with Crippen molar-refractivity contribution in [3.63, 3.8) is 0 Å². The van der Waals surface area contributed by atoms with Crippen LogP contribution in [0.1, 0.15) is 12.2 Å². The zero-order chi connectivity index (χ0) is 12.3. The predicted molar refractivity (Wildman–Crippen MR) is 65.5 cm³/mol. The SMILES string of the molecule is O=C(O)CCc1nc(-c2cccc(Br)c2)n[nH]1. The van der Waals surface area contributed by atoms with Gasteiger partial charge in [0, 0.05) is 16.5 Å². The molecule has 0 spiro atoms. The Morgan fingerprint density at radius 3 is 3.00 bits per heavy atom. The fourth-order valence-electron chi connectivity index (χ4n) is 1.39. The van der Waals surface area contributed by atoms with E-state index in [1.807, 2.05) is 24.3 Å². The van der Waals surface area contributed by atoms with Gasteiger partial charge >= 0.3 is 5.97 Å². The first-order valence-electron chi connectivity index (χ1n) is 5.04. The second-order valence-electron chi connectivity index (χ2n) is 3.51. The third kappa shape index (κ3) is 3.13. The van der Waals surface area contributed by atoms with Crippen LogP contribution in [0.3, 0.4) is 0 Å². The number of halogens is 1. The number of benzene rings is 1. The normalized spacial score (nSPS) is 10.4. The Labute approximate surface area is 106 Å². The van der Waals surface area contributed by atoms with E-state index in [0.29, 0.717) is 18.1 Å². The lowest BCUT2D eigenvalue weighted by atomic mass is 10.2. The molecule has 0 fully saturated rings. The van der Waals surface area contributed by atoms with Crippen LogP contribution in [-0.4, -0.2) is 26.3 Å². The second kappa shape index (κ2) is 5.09.